The number of hydrogen-bond acceptors (Lipinski definition) is 6. The lowest BCUT2D eigenvalue weighted by Gasteiger charge is -2.18. The van der Waals surface area contributed by atoms with Crippen LogP contribution in [0.5, 0.6) is 0 Å². The molecule has 0 saturated heterocycles. The number of esters is 3. The topological polar surface area (TPSA) is 78.9 Å². The maximum Gasteiger partial charge on any atom is 0.306 e. The first-order valence-electron chi connectivity index (χ1n) is 35.6. The molecule has 1 atom stereocenters. The third-order valence-corrected chi connectivity index (χ3v) is 15.6. The zero-order valence-corrected chi connectivity index (χ0v) is 54.5. The highest BCUT2D eigenvalue weighted by molar-refractivity contribution is 5.71. The lowest BCUT2D eigenvalue weighted by atomic mass is 10.0. The van der Waals surface area contributed by atoms with E-state index in [4.69, 9.17) is 14.2 Å². The fraction of sp³-hybridized carbons (Fsp3) is 0.776. The zero-order valence-electron chi connectivity index (χ0n) is 54.5. The number of rotatable bonds is 65. The lowest BCUT2D eigenvalue weighted by molar-refractivity contribution is -0.167. The first-order chi connectivity index (χ1) is 40.5. The number of allylic oxidation sites excluding steroid dienone is 14. The summed E-state index contributed by atoms with van der Waals surface area (Å²) in [6.45, 7) is 6.56. The monoisotopic (exact) mass is 1140 g/mol. The van der Waals surface area contributed by atoms with E-state index in [1.807, 2.05) is 0 Å². The minimum atomic E-state index is -0.784. The SMILES string of the molecule is CC/C=C\C/C=C\C/C=C\C/C=C\C/C=C\CCCCCCCCCC(=O)OC(COC(=O)CCCCCCCCCCCCCCC/C=C\C/C=C\CCCCCCC)COC(=O)CCCCCCCCCCCCCCCCCC. The van der Waals surface area contributed by atoms with Crippen LogP contribution in [0.1, 0.15) is 361 Å². The molecule has 0 aliphatic rings. The first kappa shape index (κ1) is 78.6. The molecule has 0 aliphatic carbocycles. The van der Waals surface area contributed by atoms with Crippen molar-refractivity contribution < 1.29 is 28.6 Å². The van der Waals surface area contributed by atoms with Crippen LogP contribution in [0, 0.1) is 0 Å². The van der Waals surface area contributed by atoms with Gasteiger partial charge in [0, 0.05) is 19.3 Å². The van der Waals surface area contributed by atoms with E-state index >= 15 is 0 Å². The van der Waals surface area contributed by atoms with Gasteiger partial charge in [-0.1, -0.05) is 331 Å². The van der Waals surface area contributed by atoms with Gasteiger partial charge < -0.3 is 14.2 Å². The number of carbonyl (C=O) groups excluding carboxylic acids is 3. The lowest BCUT2D eigenvalue weighted by Crippen LogP contribution is -2.30. The van der Waals surface area contributed by atoms with Crippen LogP contribution in [-0.2, 0) is 28.6 Å². The molecule has 0 aliphatic heterocycles. The predicted octanol–water partition coefficient (Wildman–Crippen LogP) is 24.6. The summed E-state index contributed by atoms with van der Waals surface area (Å²) in [5, 5.41) is 0. The van der Waals surface area contributed by atoms with Crippen LogP contribution in [-0.4, -0.2) is 37.2 Å². The summed E-state index contributed by atoms with van der Waals surface area (Å²) in [5.74, 6) is -0.868. The third kappa shape index (κ3) is 67.4. The molecule has 0 spiro atoms. The van der Waals surface area contributed by atoms with Crippen LogP contribution < -0.4 is 0 Å². The molecule has 0 N–H and O–H groups in total. The summed E-state index contributed by atoms with van der Waals surface area (Å²) in [5.41, 5.74) is 0. The highest BCUT2D eigenvalue weighted by atomic mass is 16.6. The molecule has 6 heteroatoms. The van der Waals surface area contributed by atoms with Crippen molar-refractivity contribution in [1.82, 2.24) is 0 Å². The standard InChI is InChI=1S/C76H134O6/c1-4-7-10-13-16-19-22-25-28-31-33-35-37-38-40-41-43-45-48-51-54-57-60-63-66-69-75(78)81-72-73(71-80-74(77)68-65-62-59-56-53-50-47-30-27-24-21-18-15-12-9-6-3)82-76(79)70-67-64-61-58-55-52-49-46-44-42-39-36-34-32-29-26-23-20-17-14-11-8-5-2/h8,11,17,20,22,25-26,29,31,33-34,36,42,44,73H,4-7,9-10,12-16,18-19,21,23-24,27-28,30,32,35,37-41,43,45-72H2,1-3H3/b11-8-,20-17-,25-22-,29-26-,33-31-,36-34-,44-42-. The maximum absolute atomic E-state index is 13.0. The predicted molar refractivity (Wildman–Crippen MR) is 358 cm³/mol. The Kier molecular flexibility index (Phi) is 67.2. The van der Waals surface area contributed by atoms with Gasteiger partial charge in [-0.25, -0.2) is 0 Å². The number of ether oxygens (including phenoxy) is 3. The molecular formula is C76H134O6. The second-order valence-electron chi connectivity index (χ2n) is 23.8. The average molecular weight is 1140 g/mol. The van der Waals surface area contributed by atoms with E-state index in [-0.39, 0.29) is 31.1 Å². The van der Waals surface area contributed by atoms with E-state index in [0.717, 1.165) is 103 Å². The van der Waals surface area contributed by atoms with Crippen LogP contribution in [0.3, 0.4) is 0 Å². The van der Waals surface area contributed by atoms with E-state index < -0.39 is 6.10 Å². The molecule has 0 radical (unpaired) electrons. The Labute approximate surface area is 509 Å². The molecule has 0 bridgehead atoms. The van der Waals surface area contributed by atoms with Crippen molar-refractivity contribution in [2.45, 2.75) is 367 Å². The fourth-order valence-electron chi connectivity index (χ4n) is 10.3. The van der Waals surface area contributed by atoms with E-state index in [9.17, 15) is 14.4 Å². The van der Waals surface area contributed by atoms with Gasteiger partial charge in [-0.3, -0.25) is 14.4 Å². The molecule has 474 valence electrons. The Hall–Kier alpha value is -3.41. The summed E-state index contributed by atoms with van der Waals surface area (Å²) in [6.07, 6.45) is 93.1. The van der Waals surface area contributed by atoms with Gasteiger partial charge in [0.15, 0.2) is 6.10 Å². The van der Waals surface area contributed by atoms with Gasteiger partial charge >= 0.3 is 17.9 Å². The Morgan fingerprint density at radius 1 is 0.256 bits per heavy atom. The summed E-state index contributed by atoms with van der Waals surface area (Å²) in [7, 11) is 0. The van der Waals surface area contributed by atoms with Crippen molar-refractivity contribution in [3.05, 3.63) is 85.1 Å². The summed E-state index contributed by atoms with van der Waals surface area (Å²) in [4.78, 5) is 38.5. The normalized spacial score (nSPS) is 12.6. The molecule has 6 nitrogen and oxygen atoms in total. The molecule has 0 aromatic rings. The van der Waals surface area contributed by atoms with Gasteiger partial charge in [0.1, 0.15) is 13.2 Å². The van der Waals surface area contributed by atoms with Crippen LogP contribution in [0.2, 0.25) is 0 Å². The van der Waals surface area contributed by atoms with E-state index in [1.54, 1.807) is 0 Å². The van der Waals surface area contributed by atoms with Crippen molar-refractivity contribution in [1.29, 1.82) is 0 Å². The molecular weight excluding hydrogens is 1010 g/mol. The largest absolute Gasteiger partial charge is 0.462 e. The van der Waals surface area contributed by atoms with Crippen molar-refractivity contribution in [3.8, 4) is 0 Å². The van der Waals surface area contributed by atoms with Crippen molar-refractivity contribution in [3.63, 3.8) is 0 Å². The average Bonchev–Trinajstić information content (AvgIpc) is 3.47. The minimum absolute atomic E-state index is 0.0774. The van der Waals surface area contributed by atoms with E-state index in [2.05, 4.69) is 106 Å². The maximum atomic E-state index is 13.0. The second-order valence-corrected chi connectivity index (χ2v) is 23.8. The first-order valence-corrected chi connectivity index (χ1v) is 35.6. The van der Waals surface area contributed by atoms with Gasteiger partial charge in [0.25, 0.3) is 0 Å². The highest BCUT2D eigenvalue weighted by Crippen LogP contribution is 2.18. The Bertz CT molecular complexity index is 1550. The van der Waals surface area contributed by atoms with Gasteiger partial charge in [-0.15, -0.1) is 0 Å². The number of carbonyl (C=O) groups is 3. The summed E-state index contributed by atoms with van der Waals surface area (Å²) in [6, 6.07) is 0. The number of hydrogen-bond donors (Lipinski definition) is 0. The van der Waals surface area contributed by atoms with E-state index in [1.165, 1.54) is 218 Å². The molecule has 0 fully saturated rings. The van der Waals surface area contributed by atoms with Gasteiger partial charge in [0.05, 0.1) is 0 Å². The van der Waals surface area contributed by atoms with Gasteiger partial charge in [-0.05, 0) is 96.3 Å². The summed E-state index contributed by atoms with van der Waals surface area (Å²) >= 11 is 0. The molecule has 0 heterocycles. The van der Waals surface area contributed by atoms with Crippen molar-refractivity contribution in [2.75, 3.05) is 13.2 Å². The van der Waals surface area contributed by atoms with Gasteiger partial charge in [0.2, 0.25) is 0 Å². The molecule has 82 heavy (non-hydrogen) atoms. The smallest absolute Gasteiger partial charge is 0.306 e. The van der Waals surface area contributed by atoms with Crippen molar-refractivity contribution in [2.24, 2.45) is 0 Å². The molecule has 1 unspecified atom stereocenters. The Balaban J connectivity index is 4.35. The molecule has 0 aromatic heterocycles. The molecule has 0 saturated carbocycles. The van der Waals surface area contributed by atoms with Crippen LogP contribution in [0.15, 0.2) is 85.1 Å². The molecule has 0 amide bonds. The fourth-order valence-corrected chi connectivity index (χ4v) is 10.3. The Morgan fingerprint density at radius 3 is 0.744 bits per heavy atom. The van der Waals surface area contributed by atoms with Crippen LogP contribution in [0.4, 0.5) is 0 Å². The molecule has 0 aromatic carbocycles. The quantitative estimate of drug-likeness (QED) is 0.0261. The van der Waals surface area contributed by atoms with E-state index in [0.29, 0.717) is 19.3 Å². The molecule has 0 rings (SSSR count). The Morgan fingerprint density at radius 2 is 0.476 bits per heavy atom. The van der Waals surface area contributed by atoms with Crippen LogP contribution in [0.25, 0.3) is 0 Å². The highest BCUT2D eigenvalue weighted by Gasteiger charge is 2.19. The zero-order chi connectivity index (χ0) is 59.2. The third-order valence-electron chi connectivity index (χ3n) is 15.6. The summed E-state index contributed by atoms with van der Waals surface area (Å²) < 4.78 is 17.0. The minimum Gasteiger partial charge on any atom is -0.462 e. The van der Waals surface area contributed by atoms with Gasteiger partial charge in [-0.2, -0.15) is 0 Å². The second kappa shape index (κ2) is 70.1. The number of unbranched alkanes of at least 4 members (excludes halogenated alkanes) is 40. The van der Waals surface area contributed by atoms with Crippen molar-refractivity contribution >= 4 is 17.9 Å². The van der Waals surface area contributed by atoms with Crippen LogP contribution >= 0.6 is 0 Å².